The molecule has 0 aliphatic carbocycles. The van der Waals surface area contributed by atoms with E-state index in [0.29, 0.717) is 31.6 Å². The van der Waals surface area contributed by atoms with E-state index < -0.39 is 11.6 Å². The molecule has 96 valence electrons. The first-order valence-corrected chi connectivity index (χ1v) is 5.64. The van der Waals surface area contributed by atoms with E-state index in [9.17, 15) is 8.78 Å². The molecule has 17 heavy (non-hydrogen) atoms. The summed E-state index contributed by atoms with van der Waals surface area (Å²) >= 11 is 0. The van der Waals surface area contributed by atoms with Gasteiger partial charge in [-0.25, -0.2) is 8.78 Å². The fraction of sp³-hybridized carbons (Fsp3) is 0.500. The van der Waals surface area contributed by atoms with Gasteiger partial charge < -0.3 is 4.74 Å². The van der Waals surface area contributed by atoms with Crippen LogP contribution in [0.25, 0.3) is 0 Å². The van der Waals surface area contributed by atoms with Gasteiger partial charge in [-0.15, -0.1) is 0 Å². The van der Waals surface area contributed by atoms with Crippen LogP contribution in [0.3, 0.4) is 0 Å². The zero-order valence-corrected chi connectivity index (χ0v) is 9.88. The summed E-state index contributed by atoms with van der Waals surface area (Å²) in [5, 5.41) is 0. The second-order valence-corrected chi connectivity index (χ2v) is 3.83. The monoisotopic (exact) mass is 244 g/mol. The Balaban J connectivity index is 2.54. The normalized spacial score (nSPS) is 12.7. The van der Waals surface area contributed by atoms with Gasteiger partial charge in [0.1, 0.15) is 11.6 Å². The third-order valence-electron chi connectivity index (χ3n) is 2.45. The van der Waals surface area contributed by atoms with Gasteiger partial charge in [0.15, 0.2) is 0 Å². The van der Waals surface area contributed by atoms with Crippen LogP contribution >= 0.6 is 0 Å². The highest BCUT2D eigenvalue weighted by Gasteiger charge is 2.09. The summed E-state index contributed by atoms with van der Waals surface area (Å²) in [4.78, 5) is 0. The van der Waals surface area contributed by atoms with Crippen molar-refractivity contribution >= 4 is 0 Å². The summed E-state index contributed by atoms with van der Waals surface area (Å²) in [5.41, 5.74) is 3.21. The predicted octanol–water partition coefficient (Wildman–Crippen LogP) is 1.77. The second-order valence-electron chi connectivity index (χ2n) is 3.83. The summed E-state index contributed by atoms with van der Waals surface area (Å²) in [6.07, 6.45) is 1.17. The molecule has 0 bridgehead atoms. The Morgan fingerprint density at radius 2 is 1.94 bits per heavy atom. The lowest BCUT2D eigenvalue weighted by Crippen LogP contribution is -2.37. The van der Waals surface area contributed by atoms with E-state index >= 15 is 0 Å². The molecule has 0 aromatic heterocycles. The molecule has 1 aromatic carbocycles. The molecule has 1 atom stereocenters. The Hall–Kier alpha value is -1.04. The number of ether oxygens (including phenoxy) is 1. The molecular formula is C12H18F2N2O. The topological polar surface area (TPSA) is 47.3 Å². The highest BCUT2D eigenvalue weighted by Crippen LogP contribution is 2.11. The Morgan fingerprint density at radius 1 is 1.29 bits per heavy atom. The summed E-state index contributed by atoms with van der Waals surface area (Å²) in [7, 11) is 0. The third-order valence-corrected chi connectivity index (χ3v) is 2.45. The largest absolute Gasteiger partial charge is 0.382 e. The van der Waals surface area contributed by atoms with E-state index in [0.717, 1.165) is 6.07 Å². The number of rotatable bonds is 7. The molecule has 1 rings (SSSR count). The van der Waals surface area contributed by atoms with Crippen molar-refractivity contribution in [2.45, 2.75) is 25.8 Å². The van der Waals surface area contributed by atoms with Crippen LogP contribution in [0, 0.1) is 11.6 Å². The van der Waals surface area contributed by atoms with Crippen LogP contribution in [0.2, 0.25) is 0 Å². The van der Waals surface area contributed by atoms with Gasteiger partial charge in [-0.3, -0.25) is 11.3 Å². The van der Waals surface area contributed by atoms with Crippen molar-refractivity contribution in [3.8, 4) is 0 Å². The first-order valence-electron chi connectivity index (χ1n) is 5.64. The highest BCUT2D eigenvalue weighted by atomic mass is 19.1. The van der Waals surface area contributed by atoms with Gasteiger partial charge in [0, 0.05) is 25.3 Å². The maximum atomic E-state index is 13.0. The van der Waals surface area contributed by atoms with Crippen molar-refractivity contribution in [2.75, 3.05) is 13.2 Å². The molecule has 0 amide bonds. The average Bonchev–Trinajstić information content (AvgIpc) is 2.26. The van der Waals surface area contributed by atoms with Gasteiger partial charge in [-0.1, -0.05) is 0 Å². The maximum absolute atomic E-state index is 13.0. The number of halogens is 2. The molecule has 5 heteroatoms. The Labute approximate surface area is 99.9 Å². The van der Waals surface area contributed by atoms with E-state index in [1.165, 1.54) is 12.1 Å². The quantitative estimate of drug-likeness (QED) is 0.436. The molecule has 3 nitrogen and oxygen atoms in total. The molecule has 3 N–H and O–H groups in total. The number of benzene rings is 1. The molecule has 0 heterocycles. The van der Waals surface area contributed by atoms with Crippen molar-refractivity contribution in [2.24, 2.45) is 5.84 Å². The van der Waals surface area contributed by atoms with Gasteiger partial charge >= 0.3 is 0 Å². The van der Waals surface area contributed by atoms with E-state index in [1.54, 1.807) is 0 Å². The van der Waals surface area contributed by atoms with Crippen LogP contribution in [-0.2, 0) is 11.2 Å². The summed E-state index contributed by atoms with van der Waals surface area (Å²) in [6.45, 7) is 3.13. The van der Waals surface area contributed by atoms with Crippen LogP contribution in [-0.4, -0.2) is 19.3 Å². The van der Waals surface area contributed by atoms with Crippen LogP contribution < -0.4 is 11.3 Å². The van der Waals surface area contributed by atoms with Gasteiger partial charge in [-0.05, 0) is 37.5 Å². The third kappa shape index (κ3) is 5.21. The van der Waals surface area contributed by atoms with Crippen LogP contribution in [0.15, 0.2) is 18.2 Å². The molecule has 0 saturated heterocycles. The van der Waals surface area contributed by atoms with Gasteiger partial charge in [0.25, 0.3) is 0 Å². The Bertz CT molecular complexity index is 327. The fourth-order valence-electron chi connectivity index (χ4n) is 1.63. The van der Waals surface area contributed by atoms with Crippen LogP contribution in [0.4, 0.5) is 8.78 Å². The van der Waals surface area contributed by atoms with Crippen LogP contribution in [0.1, 0.15) is 18.9 Å². The number of hydrogen-bond donors (Lipinski definition) is 2. The average molecular weight is 244 g/mol. The van der Waals surface area contributed by atoms with Gasteiger partial charge in [0.2, 0.25) is 0 Å². The minimum Gasteiger partial charge on any atom is -0.382 e. The zero-order valence-electron chi connectivity index (χ0n) is 9.88. The molecule has 1 aromatic rings. The van der Waals surface area contributed by atoms with Crippen molar-refractivity contribution in [1.82, 2.24) is 5.43 Å². The molecule has 0 spiro atoms. The molecule has 0 aliphatic heterocycles. The number of hydrogen-bond acceptors (Lipinski definition) is 3. The van der Waals surface area contributed by atoms with E-state index in [-0.39, 0.29) is 6.04 Å². The first-order chi connectivity index (χ1) is 8.15. The standard InChI is InChI=1S/C12H18F2N2O/c1-2-17-4-3-12(16-15)7-9-5-10(13)8-11(14)6-9/h5-6,8,12,16H,2-4,7,15H2,1H3. The second kappa shape index (κ2) is 7.32. The van der Waals surface area contributed by atoms with Crippen LogP contribution in [0.5, 0.6) is 0 Å². The minimum absolute atomic E-state index is 0.0530. The molecular weight excluding hydrogens is 226 g/mol. The van der Waals surface area contributed by atoms with Crippen molar-refractivity contribution in [1.29, 1.82) is 0 Å². The lowest BCUT2D eigenvalue weighted by atomic mass is 10.0. The van der Waals surface area contributed by atoms with Gasteiger partial charge in [0.05, 0.1) is 0 Å². The van der Waals surface area contributed by atoms with Crippen molar-refractivity contribution in [3.05, 3.63) is 35.4 Å². The molecule has 0 radical (unpaired) electrons. The Kier molecular flexibility index (Phi) is 6.04. The lowest BCUT2D eigenvalue weighted by Gasteiger charge is -2.15. The van der Waals surface area contributed by atoms with Gasteiger partial charge in [-0.2, -0.15) is 0 Å². The molecule has 0 saturated carbocycles. The molecule has 0 aliphatic rings. The zero-order chi connectivity index (χ0) is 12.7. The number of nitrogens with one attached hydrogen (secondary N) is 1. The summed E-state index contributed by atoms with van der Waals surface area (Å²) in [5.74, 6) is 4.25. The highest BCUT2D eigenvalue weighted by molar-refractivity contribution is 5.18. The SMILES string of the molecule is CCOCCC(Cc1cc(F)cc(F)c1)NN. The minimum atomic E-state index is -0.569. The molecule has 1 unspecified atom stereocenters. The fourth-order valence-corrected chi connectivity index (χ4v) is 1.63. The lowest BCUT2D eigenvalue weighted by molar-refractivity contribution is 0.136. The van der Waals surface area contributed by atoms with E-state index in [1.807, 2.05) is 6.92 Å². The predicted molar refractivity (Wildman–Crippen MR) is 62.3 cm³/mol. The molecule has 0 fully saturated rings. The first kappa shape index (κ1) is 14.0. The summed E-state index contributed by atoms with van der Waals surface area (Å²) in [6, 6.07) is 3.43. The Morgan fingerprint density at radius 3 is 2.47 bits per heavy atom. The number of hydrazine groups is 1. The van der Waals surface area contributed by atoms with Crippen molar-refractivity contribution < 1.29 is 13.5 Å². The number of nitrogens with two attached hydrogens (primary N) is 1. The van der Waals surface area contributed by atoms with E-state index in [4.69, 9.17) is 10.6 Å². The van der Waals surface area contributed by atoms with E-state index in [2.05, 4.69) is 5.43 Å². The van der Waals surface area contributed by atoms with Crippen molar-refractivity contribution in [3.63, 3.8) is 0 Å². The smallest absolute Gasteiger partial charge is 0.126 e. The maximum Gasteiger partial charge on any atom is 0.126 e. The summed E-state index contributed by atoms with van der Waals surface area (Å²) < 4.78 is 31.2.